The van der Waals surface area contributed by atoms with Crippen molar-refractivity contribution in [2.24, 2.45) is 0 Å². The van der Waals surface area contributed by atoms with E-state index >= 15 is 0 Å². The number of anilines is 1. The molecule has 1 amide bonds. The Kier molecular flexibility index (Phi) is 9.86. The van der Waals surface area contributed by atoms with Crippen LogP contribution in [-0.4, -0.2) is 88.4 Å². The summed E-state index contributed by atoms with van der Waals surface area (Å²) in [5, 5.41) is 45.1. The number of aromatic nitrogens is 3. The second-order valence-electron chi connectivity index (χ2n) is 10.1. The molecule has 2 aliphatic rings. The first-order chi connectivity index (χ1) is 19.6. The van der Waals surface area contributed by atoms with E-state index in [1.807, 2.05) is 13.8 Å². The van der Waals surface area contributed by atoms with E-state index in [0.717, 1.165) is 11.1 Å². The van der Waals surface area contributed by atoms with Gasteiger partial charge in [-0.2, -0.15) is 18.3 Å². The number of carboxylic acids is 3. The fraction of sp³-hybridized carbons (Fsp3) is 0.600. The Hall–Kier alpha value is -4.15. The molecule has 5 N–H and O–H groups in total. The molecule has 1 unspecified atom stereocenters. The fourth-order valence-electron chi connectivity index (χ4n) is 4.86. The summed E-state index contributed by atoms with van der Waals surface area (Å²) in [6.45, 7) is 4.27. The molecule has 232 valence electrons. The molecular formula is C25H32F3N5O9. The van der Waals surface area contributed by atoms with Crippen LogP contribution in [0.2, 0.25) is 0 Å². The van der Waals surface area contributed by atoms with Gasteiger partial charge in [0, 0.05) is 31.1 Å². The Balaban J connectivity index is 0.000000316. The predicted molar refractivity (Wildman–Crippen MR) is 136 cm³/mol. The number of aliphatic carboxylic acids is 3. The number of rotatable bonds is 9. The van der Waals surface area contributed by atoms with Gasteiger partial charge in [-0.05, 0) is 25.7 Å². The molecule has 0 radical (unpaired) electrons. The molecule has 1 fully saturated rings. The number of carboxylic acid groups (broad SMARTS) is 3. The van der Waals surface area contributed by atoms with Gasteiger partial charge in [0.15, 0.2) is 17.3 Å². The second kappa shape index (κ2) is 12.8. The van der Waals surface area contributed by atoms with Gasteiger partial charge in [0.2, 0.25) is 0 Å². The largest absolute Gasteiger partial charge is 0.481 e. The lowest BCUT2D eigenvalue weighted by Gasteiger charge is -2.32. The summed E-state index contributed by atoms with van der Waals surface area (Å²) in [4.78, 5) is 45.0. The summed E-state index contributed by atoms with van der Waals surface area (Å²) in [5.74, 6) is -4.33. The topological polar surface area (TPSA) is 208 Å². The van der Waals surface area contributed by atoms with Gasteiger partial charge in [0.1, 0.15) is 11.6 Å². The Morgan fingerprint density at radius 1 is 1.10 bits per heavy atom. The van der Waals surface area contributed by atoms with Crippen LogP contribution in [0, 0.1) is 0 Å². The molecule has 0 aromatic carbocycles. The molecule has 17 heteroatoms. The Bertz CT molecular complexity index is 1290. The molecule has 2 aromatic heterocycles. The number of amides is 1. The summed E-state index contributed by atoms with van der Waals surface area (Å²) in [6.07, 6.45) is -4.10. The Labute approximate surface area is 237 Å². The summed E-state index contributed by atoms with van der Waals surface area (Å²) >= 11 is 0. The molecule has 42 heavy (non-hydrogen) atoms. The number of halogens is 3. The number of carbonyl (C=O) groups excluding carboxylic acids is 1. The van der Waals surface area contributed by atoms with Gasteiger partial charge in [0.05, 0.1) is 24.6 Å². The minimum atomic E-state index is -4.38. The highest BCUT2D eigenvalue weighted by Gasteiger charge is 2.47. The van der Waals surface area contributed by atoms with Crippen LogP contribution in [-0.2, 0) is 20.8 Å². The minimum absolute atomic E-state index is 0.0554. The molecule has 2 aromatic rings. The van der Waals surface area contributed by atoms with Crippen LogP contribution in [0.1, 0.15) is 86.4 Å². The average molecular weight is 604 g/mol. The molecular weight excluding hydrogens is 571 g/mol. The van der Waals surface area contributed by atoms with Crippen molar-refractivity contribution in [3.8, 4) is 0 Å². The maximum atomic E-state index is 13.6. The van der Waals surface area contributed by atoms with Crippen molar-refractivity contribution in [2.45, 2.75) is 88.7 Å². The predicted octanol–water partition coefficient (Wildman–Crippen LogP) is 2.86. The van der Waals surface area contributed by atoms with Crippen LogP contribution in [0.15, 0.2) is 16.7 Å². The van der Waals surface area contributed by atoms with Crippen LogP contribution in [0.4, 0.5) is 19.0 Å². The van der Waals surface area contributed by atoms with E-state index in [2.05, 4.69) is 15.6 Å². The van der Waals surface area contributed by atoms with Crippen molar-refractivity contribution < 1.29 is 57.3 Å². The number of aryl methyl sites for hydroxylation is 1. The van der Waals surface area contributed by atoms with Crippen molar-refractivity contribution in [3.05, 3.63) is 29.3 Å². The zero-order valence-corrected chi connectivity index (χ0v) is 22.8. The summed E-state index contributed by atoms with van der Waals surface area (Å²) < 4.78 is 47.0. The van der Waals surface area contributed by atoms with E-state index < -0.39 is 48.6 Å². The third kappa shape index (κ3) is 7.37. The number of aliphatic hydroxyl groups is 1. The number of fused-ring (bicyclic) bond motifs is 1. The number of hydrogen-bond acceptors (Lipinski definition) is 9. The van der Waals surface area contributed by atoms with Crippen LogP contribution in [0.3, 0.4) is 0 Å². The summed E-state index contributed by atoms with van der Waals surface area (Å²) in [7, 11) is 0. The molecule has 0 spiro atoms. The lowest BCUT2D eigenvalue weighted by molar-refractivity contribution is -0.173. The van der Waals surface area contributed by atoms with Crippen molar-refractivity contribution in [1.29, 1.82) is 0 Å². The highest BCUT2D eigenvalue weighted by Crippen LogP contribution is 2.42. The number of nitrogens with one attached hydrogen (secondary N) is 1. The monoisotopic (exact) mass is 603 g/mol. The average Bonchev–Trinajstić information content (AvgIpc) is 3.65. The Morgan fingerprint density at radius 2 is 1.74 bits per heavy atom. The van der Waals surface area contributed by atoms with Crippen molar-refractivity contribution in [1.82, 2.24) is 19.8 Å². The lowest BCUT2D eigenvalue weighted by Crippen LogP contribution is -2.42. The smallest absolute Gasteiger partial charge is 0.410 e. The highest BCUT2D eigenvalue weighted by atomic mass is 19.4. The molecule has 4 rings (SSSR count). The number of carbonyl (C=O) groups is 4. The standard InChI is InChI=1S/C19H24F3N5O2.C6H8O7/c1-3-11-8-16(19(20,21)22)27-17(23-11)10-13(24-27)15-6-5-7-26(15)18(28)14-9-12(4-2)29-25-14;7-3(8)1-6(13,5(11)12)2-4(9)10/h9-11,15-16,23H,3-8H2,1-2H3;13H,1-2H2,(H,7,8)(H,9,10)(H,11,12)/t11-,15?,16-;/m1./s1. The first-order valence-electron chi connectivity index (χ1n) is 13.2. The highest BCUT2D eigenvalue weighted by molar-refractivity contribution is 5.92. The normalized spacial score (nSPS) is 20.2. The number of alkyl halides is 3. The molecule has 14 nitrogen and oxygen atoms in total. The summed E-state index contributed by atoms with van der Waals surface area (Å²) in [6, 6.07) is 0.964. The van der Waals surface area contributed by atoms with Gasteiger partial charge >= 0.3 is 24.1 Å². The van der Waals surface area contributed by atoms with E-state index in [1.54, 1.807) is 17.0 Å². The van der Waals surface area contributed by atoms with Crippen molar-refractivity contribution >= 4 is 29.6 Å². The second-order valence-corrected chi connectivity index (χ2v) is 10.1. The summed E-state index contributed by atoms with van der Waals surface area (Å²) in [5.41, 5.74) is -2.05. The molecule has 0 saturated carbocycles. The van der Waals surface area contributed by atoms with Crippen LogP contribution in [0.5, 0.6) is 0 Å². The van der Waals surface area contributed by atoms with Gasteiger partial charge in [-0.1, -0.05) is 19.0 Å². The minimum Gasteiger partial charge on any atom is -0.481 e. The van der Waals surface area contributed by atoms with E-state index in [-0.39, 0.29) is 30.1 Å². The molecule has 0 aliphatic carbocycles. The van der Waals surface area contributed by atoms with Gasteiger partial charge in [-0.25, -0.2) is 9.48 Å². The van der Waals surface area contributed by atoms with Gasteiger partial charge in [-0.3, -0.25) is 14.4 Å². The Morgan fingerprint density at radius 3 is 2.24 bits per heavy atom. The lowest BCUT2D eigenvalue weighted by atomic mass is 9.96. The maximum absolute atomic E-state index is 13.6. The molecule has 1 saturated heterocycles. The van der Waals surface area contributed by atoms with Gasteiger partial charge < -0.3 is 35.2 Å². The maximum Gasteiger partial charge on any atom is 0.410 e. The van der Waals surface area contributed by atoms with E-state index in [0.29, 0.717) is 43.1 Å². The first-order valence-corrected chi connectivity index (χ1v) is 13.2. The first kappa shape index (κ1) is 32.4. The molecule has 0 bridgehead atoms. The van der Waals surface area contributed by atoms with E-state index in [1.165, 1.54) is 0 Å². The van der Waals surface area contributed by atoms with Crippen molar-refractivity contribution in [3.63, 3.8) is 0 Å². The number of nitrogens with zero attached hydrogens (tertiary/aromatic N) is 4. The zero-order chi connectivity index (χ0) is 31.4. The molecule has 3 atom stereocenters. The molecule has 2 aliphatic heterocycles. The fourth-order valence-corrected chi connectivity index (χ4v) is 4.86. The van der Waals surface area contributed by atoms with E-state index in [9.17, 15) is 32.3 Å². The van der Waals surface area contributed by atoms with E-state index in [4.69, 9.17) is 24.9 Å². The van der Waals surface area contributed by atoms with Crippen molar-refractivity contribution in [2.75, 3.05) is 11.9 Å². The third-order valence-corrected chi connectivity index (χ3v) is 7.05. The number of likely N-dealkylation sites (tertiary alicyclic amines) is 1. The van der Waals surface area contributed by atoms with Gasteiger partial charge in [-0.15, -0.1) is 0 Å². The third-order valence-electron chi connectivity index (χ3n) is 7.05. The van der Waals surface area contributed by atoms with Gasteiger partial charge in [0.25, 0.3) is 5.91 Å². The van der Waals surface area contributed by atoms with Crippen LogP contribution < -0.4 is 5.32 Å². The molecule has 4 heterocycles. The SMILES string of the molecule is CCc1cc(C(=O)N2CCCC2c2cc3n(n2)[C@@H](C(F)(F)F)C[C@@H](CC)N3)no1.O=C(O)CC(O)(CC(=O)O)C(=O)O. The van der Waals surface area contributed by atoms with Crippen LogP contribution in [0.25, 0.3) is 0 Å². The quantitative estimate of drug-likeness (QED) is 0.280. The van der Waals surface area contributed by atoms with Crippen LogP contribution >= 0.6 is 0 Å². The zero-order valence-electron chi connectivity index (χ0n) is 22.8. The number of hydrogen-bond donors (Lipinski definition) is 5.